The smallest absolute Gasteiger partial charge is 0.407 e. The third-order valence-electron chi connectivity index (χ3n) is 6.05. The summed E-state index contributed by atoms with van der Waals surface area (Å²) in [4.78, 5) is 34.8. The van der Waals surface area contributed by atoms with Crippen molar-refractivity contribution in [3.05, 3.63) is 59.7 Å². The Bertz CT molecular complexity index is 938. The van der Waals surface area contributed by atoms with E-state index >= 15 is 0 Å². The number of carbonyl (C=O) groups is 3. The molecule has 0 heterocycles. The van der Waals surface area contributed by atoms with Crippen LogP contribution in [0.2, 0.25) is 0 Å². The number of aliphatic carboxylic acids is 1. The number of fused-ring (bicyclic) bond motifs is 3. The standard InChI is InChI=1S/C24H26N2O5/c27-22(26-16-12-15(13-16)23(28)29)10-5-11-25-24(30)31-14-21-19-8-3-1-6-17(19)18-7-2-4-9-20(18)21/h1-4,6-9,15-16,21H,5,10-14H2,(H,25,30)(H,26,27)(H,28,29). The molecule has 0 aromatic heterocycles. The lowest BCUT2D eigenvalue weighted by atomic mass is 9.80. The Kier molecular flexibility index (Phi) is 6.21. The van der Waals surface area contributed by atoms with Gasteiger partial charge in [0.05, 0.1) is 5.92 Å². The number of nitrogens with one attached hydrogen (secondary N) is 2. The molecule has 4 rings (SSSR count). The molecule has 162 valence electrons. The summed E-state index contributed by atoms with van der Waals surface area (Å²) < 4.78 is 5.47. The number of carboxylic acids is 1. The van der Waals surface area contributed by atoms with Crippen LogP contribution in [0.5, 0.6) is 0 Å². The summed E-state index contributed by atoms with van der Waals surface area (Å²) in [7, 11) is 0. The molecule has 7 nitrogen and oxygen atoms in total. The summed E-state index contributed by atoms with van der Waals surface area (Å²) in [5.41, 5.74) is 4.68. The van der Waals surface area contributed by atoms with Crippen molar-refractivity contribution in [2.75, 3.05) is 13.2 Å². The molecule has 1 fully saturated rings. The van der Waals surface area contributed by atoms with Crippen LogP contribution >= 0.6 is 0 Å². The van der Waals surface area contributed by atoms with Gasteiger partial charge in [-0.05, 0) is 41.5 Å². The fourth-order valence-electron chi connectivity index (χ4n) is 4.33. The second-order valence-corrected chi connectivity index (χ2v) is 8.13. The number of hydrogen-bond donors (Lipinski definition) is 3. The van der Waals surface area contributed by atoms with Crippen LogP contribution in [-0.2, 0) is 14.3 Å². The van der Waals surface area contributed by atoms with Gasteiger partial charge in [-0.15, -0.1) is 0 Å². The van der Waals surface area contributed by atoms with Crippen molar-refractivity contribution in [3.8, 4) is 11.1 Å². The maximum absolute atomic E-state index is 12.1. The molecule has 2 aromatic rings. The van der Waals surface area contributed by atoms with Crippen LogP contribution in [0.3, 0.4) is 0 Å². The minimum Gasteiger partial charge on any atom is -0.481 e. The average Bonchev–Trinajstić information content (AvgIpc) is 3.05. The molecule has 0 radical (unpaired) electrons. The Morgan fingerprint density at radius 2 is 1.58 bits per heavy atom. The molecule has 31 heavy (non-hydrogen) atoms. The maximum atomic E-state index is 12.1. The first kappa shape index (κ1) is 20.9. The molecule has 2 aromatic carbocycles. The zero-order valence-corrected chi connectivity index (χ0v) is 17.2. The third-order valence-corrected chi connectivity index (χ3v) is 6.05. The van der Waals surface area contributed by atoms with Crippen molar-refractivity contribution in [2.24, 2.45) is 5.92 Å². The summed E-state index contributed by atoms with van der Waals surface area (Å²) in [6.45, 7) is 0.597. The minimum atomic E-state index is -0.808. The molecule has 7 heteroatoms. The Balaban J connectivity index is 1.17. The van der Waals surface area contributed by atoms with Crippen LogP contribution in [0, 0.1) is 5.92 Å². The lowest BCUT2D eigenvalue weighted by Crippen LogP contribution is -2.46. The number of ether oxygens (including phenoxy) is 1. The van der Waals surface area contributed by atoms with Gasteiger partial charge in [-0.2, -0.15) is 0 Å². The van der Waals surface area contributed by atoms with E-state index in [0.29, 0.717) is 25.8 Å². The number of benzene rings is 2. The van der Waals surface area contributed by atoms with Gasteiger partial charge in [0, 0.05) is 24.9 Å². The Hall–Kier alpha value is -3.35. The predicted molar refractivity (Wildman–Crippen MR) is 115 cm³/mol. The molecule has 0 aliphatic heterocycles. The third kappa shape index (κ3) is 4.71. The van der Waals surface area contributed by atoms with E-state index < -0.39 is 12.1 Å². The Morgan fingerprint density at radius 1 is 0.968 bits per heavy atom. The molecule has 0 atom stereocenters. The van der Waals surface area contributed by atoms with E-state index in [4.69, 9.17) is 9.84 Å². The number of alkyl carbamates (subject to hydrolysis) is 1. The van der Waals surface area contributed by atoms with Gasteiger partial charge < -0.3 is 20.5 Å². The molecule has 0 bridgehead atoms. The Labute approximate surface area is 180 Å². The first-order valence-electron chi connectivity index (χ1n) is 10.6. The van der Waals surface area contributed by atoms with Crippen LogP contribution in [0.25, 0.3) is 11.1 Å². The Morgan fingerprint density at radius 3 is 2.19 bits per heavy atom. The SMILES string of the molecule is O=C(CCCNC(=O)OCC1c2ccccc2-c2ccccc21)NC1CC(C(=O)O)C1. The van der Waals surface area contributed by atoms with Gasteiger partial charge in [0.2, 0.25) is 5.91 Å². The van der Waals surface area contributed by atoms with E-state index in [9.17, 15) is 14.4 Å². The number of carboxylic acid groups (broad SMARTS) is 1. The largest absolute Gasteiger partial charge is 0.481 e. The van der Waals surface area contributed by atoms with Gasteiger partial charge in [-0.1, -0.05) is 48.5 Å². The zero-order chi connectivity index (χ0) is 21.8. The molecular formula is C24H26N2O5. The highest BCUT2D eigenvalue weighted by molar-refractivity contribution is 5.79. The molecule has 2 aliphatic rings. The number of amides is 2. The number of rotatable bonds is 8. The summed E-state index contributed by atoms with van der Waals surface area (Å²) in [5.74, 6) is -1.26. The topological polar surface area (TPSA) is 105 Å². The van der Waals surface area contributed by atoms with Crippen molar-refractivity contribution < 1.29 is 24.2 Å². The highest BCUT2D eigenvalue weighted by Crippen LogP contribution is 2.44. The van der Waals surface area contributed by atoms with Crippen LogP contribution in [-0.4, -0.2) is 42.3 Å². The highest BCUT2D eigenvalue weighted by Gasteiger charge is 2.35. The van der Waals surface area contributed by atoms with Crippen molar-refractivity contribution in [3.63, 3.8) is 0 Å². The van der Waals surface area contributed by atoms with Crippen LogP contribution in [0.4, 0.5) is 4.79 Å². The van der Waals surface area contributed by atoms with E-state index in [0.717, 1.165) is 11.1 Å². The van der Waals surface area contributed by atoms with Gasteiger partial charge in [-0.25, -0.2) is 4.79 Å². The fourth-order valence-corrected chi connectivity index (χ4v) is 4.33. The first-order valence-corrected chi connectivity index (χ1v) is 10.6. The summed E-state index contributed by atoms with van der Waals surface area (Å²) >= 11 is 0. The van der Waals surface area contributed by atoms with Gasteiger partial charge in [0.25, 0.3) is 0 Å². The second-order valence-electron chi connectivity index (χ2n) is 8.13. The van der Waals surface area contributed by atoms with Gasteiger partial charge in [-0.3, -0.25) is 9.59 Å². The lowest BCUT2D eigenvalue weighted by molar-refractivity contribution is -0.146. The molecule has 0 spiro atoms. The fraction of sp³-hybridized carbons (Fsp3) is 0.375. The normalized spacial score (nSPS) is 19.0. The van der Waals surface area contributed by atoms with E-state index in [1.54, 1.807) is 0 Å². The molecular weight excluding hydrogens is 396 g/mol. The molecule has 2 amide bonds. The van der Waals surface area contributed by atoms with Crippen LogP contribution in [0.1, 0.15) is 42.7 Å². The van der Waals surface area contributed by atoms with Crippen molar-refractivity contribution in [1.29, 1.82) is 0 Å². The first-order chi connectivity index (χ1) is 15.0. The van der Waals surface area contributed by atoms with E-state index in [-0.39, 0.29) is 36.8 Å². The van der Waals surface area contributed by atoms with E-state index in [1.165, 1.54) is 11.1 Å². The summed E-state index contributed by atoms with van der Waals surface area (Å²) in [6, 6.07) is 16.3. The van der Waals surface area contributed by atoms with E-state index in [2.05, 4.69) is 34.9 Å². The number of carbonyl (C=O) groups excluding carboxylic acids is 2. The monoisotopic (exact) mass is 422 g/mol. The van der Waals surface area contributed by atoms with Gasteiger partial charge in [0.15, 0.2) is 0 Å². The molecule has 0 unspecified atom stereocenters. The molecule has 2 aliphatic carbocycles. The average molecular weight is 422 g/mol. The summed E-state index contributed by atoms with van der Waals surface area (Å²) in [5, 5.41) is 14.4. The van der Waals surface area contributed by atoms with E-state index in [1.807, 2.05) is 24.3 Å². The van der Waals surface area contributed by atoms with Crippen LogP contribution < -0.4 is 10.6 Å². The molecule has 1 saturated carbocycles. The predicted octanol–water partition coefficient (Wildman–Crippen LogP) is 3.28. The minimum absolute atomic E-state index is 0.0148. The summed E-state index contributed by atoms with van der Waals surface area (Å²) in [6.07, 6.45) is 1.24. The maximum Gasteiger partial charge on any atom is 0.407 e. The van der Waals surface area contributed by atoms with Crippen LogP contribution in [0.15, 0.2) is 48.5 Å². The lowest BCUT2D eigenvalue weighted by Gasteiger charge is -2.32. The van der Waals surface area contributed by atoms with Crippen molar-refractivity contribution in [1.82, 2.24) is 10.6 Å². The highest BCUT2D eigenvalue weighted by atomic mass is 16.5. The van der Waals surface area contributed by atoms with Gasteiger partial charge >= 0.3 is 12.1 Å². The van der Waals surface area contributed by atoms with Crippen molar-refractivity contribution >= 4 is 18.0 Å². The zero-order valence-electron chi connectivity index (χ0n) is 17.2. The number of hydrogen-bond acceptors (Lipinski definition) is 4. The molecule has 3 N–H and O–H groups in total. The van der Waals surface area contributed by atoms with Crippen molar-refractivity contribution in [2.45, 2.75) is 37.6 Å². The quantitative estimate of drug-likeness (QED) is 0.566. The second kappa shape index (κ2) is 9.20. The molecule has 0 saturated heterocycles. The van der Waals surface area contributed by atoms with Gasteiger partial charge in [0.1, 0.15) is 6.61 Å².